The van der Waals surface area contributed by atoms with Gasteiger partial charge in [0, 0.05) is 17.2 Å². The first-order chi connectivity index (χ1) is 10.6. The first-order valence-corrected chi connectivity index (χ1v) is 7.82. The molecule has 0 unspecified atom stereocenters. The first-order valence-electron chi connectivity index (χ1n) is 7.82. The van der Waals surface area contributed by atoms with Crippen LogP contribution in [0.5, 0.6) is 11.5 Å². The smallest absolute Gasteiger partial charge is 0.251 e. The average Bonchev–Trinajstić information content (AvgIpc) is 2.55. The van der Waals surface area contributed by atoms with Gasteiger partial charge < -0.3 is 20.5 Å². The summed E-state index contributed by atoms with van der Waals surface area (Å²) in [7, 11) is 3.19. The molecule has 1 fully saturated rings. The molecule has 1 saturated carbocycles. The lowest BCUT2D eigenvalue weighted by Crippen LogP contribution is -2.38. The van der Waals surface area contributed by atoms with Crippen molar-refractivity contribution in [2.24, 2.45) is 11.7 Å². The largest absolute Gasteiger partial charge is 0.496 e. The highest BCUT2D eigenvalue weighted by atomic mass is 35.5. The summed E-state index contributed by atoms with van der Waals surface area (Å²) >= 11 is 0. The standard InChI is InChI=1S/C17H26N2O3.ClH/c1-11-15(21-2)8-13(9-16(11)22-3)17(20)19-14-6-4-12(10-18)5-7-14;/h8-9,12,14H,4-7,10,18H2,1-3H3,(H,19,20);1H. The molecule has 0 radical (unpaired) electrons. The first kappa shape index (κ1) is 19.6. The zero-order chi connectivity index (χ0) is 16.1. The van der Waals surface area contributed by atoms with Gasteiger partial charge in [-0.3, -0.25) is 4.79 Å². The van der Waals surface area contributed by atoms with Gasteiger partial charge in [0.05, 0.1) is 14.2 Å². The van der Waals surface area contributed by atoms with E-state index in [1.807, 2.05) is 6.92 Å². The van der Waals surface area contributed by atoms with Gasteiger partial charge >= 0.3 is 0 Å². The van der Waals surface area contributed by atoms with Crippen LogP contribution in [0.3, 0.4) is 0 Å². The minimum atomic E-state index is -0.0761. The number of amides is 1. The van der Waals surface area contributed by atoms with Gasteiger partial charge in [0.2, 0.25) is 0 Å². The molecule has 1 aliphatic carbocycles. The van der Waals surface area contributed by atoms with Crippen molar-refractivity contribution in [3.63, 3.8) is 0 Å². The fraction of sp³-hybridized carbons (Fsp3) is 0.588. The molecule has 0 heterocycles. The van der Waals surface area contributed by atoms with Gasteiger partial charge in [0.15, 0.2) is 0 Å². The molecule has 130 valence electrons. The Balaban J connectivity index is 0.00000264. The normalized spacial score (nSPS) is 20.3. The third-order valence-electron chi connectivity index (χ3n) is 4.53. The lowest BCUT2D eigenvalue weighted by atomic mass is 9.86. The van der Waals surface area contributed by atoms with Crippen LogP contribution in [-0.4, -0.2) is 32.7 Å². The van der Waals surface area contributed by atoms with E-state index >= 15 is 0 Å². The Bertz CT molecular complexity index is 504. The summed E-state index contributed by atoms with van der Waals surface area (Å²) in [6.45, 7) is 2.65. The topological polar surface area (TPSA) is 73.6 Å². The van der Waals surface area contributed by atoms with Crippen LogP contribution in [0.4, 0.5) is 0 Å². The monoisotopic (exact) mass is 342 g/mol. The van der Waals surface area contributed by atoms with Gasteiger partial charge in [0.25, 0.3) is 5.91 Å². The number of carbonyl (C=O) groups is 1. The highest BCUT2D eigenvalue weighted by molar-refractivity contribution is 5.95. The van der Waals surface area contributed by atoms with Crippen LogP contribution in [0.15, 0.2) is 12.1 Å². The second kappa shape index (κ2) is 8.99. The van der Waals surface area contributed by atoms with Crippen LogP contribution in [0.1, 0.15) is 41.6 Å². The molecule has 3 N–H and O–H groups in total. The maximum atomic E-state index is 12.5. The van der Waals surface area contributed by atoms with E-state index < -0.39 is 0 Å². The fourth-order valence-corrected chi connectivity index (χ4v) is 3.03. The summed E-state index contributed by atoms with van der Waals surface area (Å²) in [5.41, 5.74) is 7.17. The SMILES string of the molecule is COc1cc(C(=O)NC2CCC(CN)CC2)cc(OC)c1C.Cl. The number of hydrogen-bond acceptors (Lipinski definition) is 4. The average molecular weight is 343 g/mol. The molecule has 1 aliphatic rings. The summed E-state index contributed by atoms with van der Waals surface area (Å²) in [5, 5.41) is 3.11. The summed E-state index contributed by atoms with van der Waals surface area (Å²) in [4.78, 5) is 12.5. The predicted octanol–water partition coefficient (Wildman–Crippen LogP) is 2.68. The zero-order valence-corrected chi connectivity index (χ0v) is 14.9. The van der Waals surface area contributed by atoms with Crippen LogP contribution in [0, 0.1) is 12.8 Å². The van der Waals surface area contributed by atoms with Crippen LogP contribution in [0.25, 0.3) is 0 Å². The Kier molecular flexibility index (Phi) is 7.65. The van der Waals surface area contributed by atoms with Gasteiger partial charge in [-0.25, -0.2) is 0 Å². The number of carbonyl (C=O) groups excluding carboxylic acids is 1. The second-order valence-electron chi connectivity index (χ2n) is 5.93. The molecule has 0 aromatic heterocycles. The molecule has 1 aromatic carbocycles. The molecule has 0 bridgehead atoms. The molecule has 0 saturated heterocycles. The van der Waals surface area contributed by atoms with E-state index in [4.69, 9.17) is 15.2 Å². The number of benzene rings is 1. The van der Waals surface area contributed by atoms with Crippen LogP contribution < -0.4 is 20.5 Å². The van der Waals surface area contributed by atoms with Gasteiger partial charge in [-0.2, -0.15) is 0 Å². The van der Waals surface area contributed by atoms with Crippen molar-refractivity contribution in [2.75, 3.05) is 20.8 Å². The highest BCUT2D eigenvalue weighted by Gasteiger charge is 2.22. The van der Waals surface area contributed by atoms with Gasteiger partial charge in [-0.1, -0.05) is 0 Å². The molecule has 6 heteroatoms. The number of halogens is 1. The molecule has 0 atom stereocenters. The third-order valence-corrected chi connectivity index (χ3v) is 4.53. The predicted molar refractivity (Wildman–Crippen MR) is 93.8 cm³/mol. The van der Waals surface area contributed by atoms with E-state index in [1.54, 1.807) is 26.4 Å². The Morgan fingerprint density at radius 3 is 2.13 bits per heavy atom. The van der Waals surface area contributed by atoms with E-state index in [0.717, 1.165) is 37.8 Å². The lowest BCUT2D eigenvalue weighted by molar-refractivity contribution is 0.0921. The molecule has 0 aliphatic heterocycles. The summed E-state index contributed by atoms with van der Waals surface area (Å²) in [6.07, 6.45) is 4.16. The molecule has 5 nitrogen and oxygen atoms in total. The van der Waals surface area contributed by atoms with E-state index in [2.05, 4.69) is 5.32 Å². The van der Waals surface area contributed by atoms with Crippen molar-refractivity contribution < 1.29 is 14.3 Å². The number of rotatable bonds is 5. The lowest BCUT2D eigenvalue weighted by Gasteiger charge is -2.28. The van der Waals surface area contributed by atoms with Crippen molar-refractivity contribution in [3.8, 4) is 11.5 Å². The van der Waals surface area contributed by atoms with Crippen molar-refractivity contribution in [1.29, 1.82) is 0 Å². The summed E-state index contributed by atoms with van der Waals surface area (Å²) < 4.78 is 10.6. The molecule has 1 amide bonds. The number of hydrogen-bond donors (Lipinski definition) is 2. The van der Waals surface area contributed by atoms with Crippen molar-refractivity contribution in [2.45, 2.75) is 38.6 Å². The van der Waals surface area contributed by atoms with Gasteiger partial charge in [-0.05, 0) is 57.2 Å². The fourth-order valence-electron chi connectivity index (χ4n) is 3.03. The van der Waals surface area contributed by atoms with Crippen LogP contribution >= 0.6 is 12.4 Å². The number of ether oxygens (including phenoxy) is 2. The molecule has 2 rings (SSSR count). The van der Waals surface area contributed by atoms with Gasteiger partial charge in [-0.15, -0.1) is 12.4 Å². The number of methoxy groups -OCH3 is 2. The highest BCUT2D eigenvalue weighted by Crippen LogP contribution is 2.30. The van der Waals surface area contributed by atoms with Crippen LogP contribution in [0.2, 0.25) is 0 Å². The Morgan fingerprint density at radius 1 is 1.17 bits per heavy atom. The van der Waals surface area contributed by atoms with E-state index in [1.165, 1.54) is 0 Å². The maximum absolute atomic E-state index is 12.5. The minimum absolute atomic E-state index is 0. The molecule has 0 spiro atoms. The Hall–Kier alpha value is -1.46. The molecule has 23 heavy (non-hydrogen) atoms. The number of nitrogens with two attached hydrogens (primary N) is 1. The van der Waals surface area contributed by atoms with Crippen molar-refractivity contribution in [3.05, 3.63) is 23.3 Å². The van der Waals surface area contributed by atoms with Crippen LogP contribution in [-0.2, 0) is 0 Å². The Labute approximate surface area is 144 Å². The van der Waals surface area contributed by atoms with E-state index in [-0.39, 0.29) is 24.4 Å². The van der Waals surface area contributed by atoms with Crippen molar-refractivity contribution in [1.82, 2.24) is 5.32 Å². The third kappa shape index (κ3) is 4.75. The van der Waals surface area contributed by atoms with Crippen molar-refractivity contribution >= 4 is 18.3 Å². The molecular weight excluding hydrogens is 316 g/mol. The van der Waals surface area contributed by atoms with E-state index in [9.17, 15) is 4.79 Å². The zero-order valence-electron chi connectivity index (χ0n) is 14.1. The maximum Gasteiger partial charge on any atom is 0.251 e. The second-order valence-corrected chi connectivity index (χ2v) is 5.93. The summed E-state index contributed by atoms with van der Waals surface area (Å²) in [6, 6.07) is 3.76. The van der Waals surface area contributed by atoms with E-state index in [0.29, 0.717) is 23.0 Å². The summed E-state index contributed by atoms with van der Waals surface area (Å²) in [5.74, 6) is 1.85. The van der Waals surface area contributed by atoms with Gasteiger partial charge in [0.1, 0.15) is 11.5 Å². The number of nitrogens with one attached hydrogen (secondary N) is 1. The molecular formula is C17H27ClN2O3. The minimum Gasteiger partial charge on any atom is -0.496 e. The quantitative estimate of drug-likeness (QED) is 0.862. The Morgan fingerprint density at radius 2 is 1.70 bits per heavy atom. The molecule has 1 aromatic rings.